The Balaban J connectivity index is 1.85. The topological polar surface area (TPSA) is 89.8 Å². The van der Waals surface area contributed by atoms with Gasteiger partial charge in [0.1, 0.15) is 0 Å². The summed E-state index contributed by atoms with van der Waals surface area (Å²) in [4.78, 5) is 42.7. The zero-order valence-electron chi connectivity index (χ0n) is 20.3. The van der Waals surface area contributed by atoms with Gasteiger partial charge in [-0.3, -0.25) is 14.2 Å². The number of allylic oxidation sites excluding steroid dienone is 1. The Morgan fingerprint density at radius 3 is 2.34 bits per heavy atom. The monoisotopic (exact) mass is 489 g/mol. The van der Waals surface area contributed by atoms with Crippen LogP contribution in [0.5, 0.6) is 0 Å². The SMILES string of the molecule is COC(=O)C1=C(C)N=c2s/c(=C\c3ccc(NC(C)=O)cc3)c(=O)n2[C@H]1c1ccc(C(C)C)cc1. The van der Waals surface area contributed by atoms with Crippen LogP contribution in [0.2, 0.25) is 0 Å². The van der Waals surface area contributed by atoms with Crippen LogP contribution in [0.4, 0.5) is 5.69 Å². The molecule has 0 unspecified atom stereocenters. The van der Waals surface area contributed by atoms with Gasteiger partial charge in [-0.05, 0) is 47.7 Å². The maximum Gasteiger partial charge on any atom is 0.338 e. The van der Waals surface area contributed by atoms with Crippen molar-refractivity contribution < 1.29 is 14.3 Å². The lowest BCUT2D eigenvalue weighted by Gasteiger charge is -2.24. The number of fused-ring (bicyclic) bond motifs is 1. The van der Waals surface area contributed by atoms with Gasteiger partial charge in [0.25, 0.3) is 5.56 Å². The van der Waals surface area contributed by atoms with Crippen LogP contribution >= 0.6 is 11.3 Å². The van der Waals surface area contributed by atoms with Gasteiger partial charge in [0.2, 0.25) is 5.91 Å². The number of esters is 1. The van der Waals surface area contributed by atoms with Crippen LogP contribution in [0.1, 0.15) is 56.3 Å². The Labute approximate surface area is 207 Å². The lowest BCUT2D eigenvalue weighted by atomic mass is 9.93. The summed E-state index contributed by atoms with van der Waals surface area (Å²) in [5.74, 6) is -0.295. The predicted molar refractivity (Wildman–Crippen MR) is 137 cm³/mol. The van der Waals surface area contributed by atoms with E-state index in [1.807, 2.05) is 36.4 Å². The first-order valence-corrected chi connectivity index (χ1v) is 12.1. The molecule has 0 saturated heterocycles. The molecule has 0 saturated carbocycles. The van der Waals surface area contributed by atoms with Crippen molar-refractivity contribution in [2.24, 2.45) is 4.99 Å². The highest BCUT2D eigenvalue weighted by Gasteiger charge is 2.33. The highest BCUT2D eigenvalue weighted by Crippen LogP contribution is 2.31. The Morgan fingerprint density at radius 2 is 1.77 bits per heavy atom. The second kappa shape index (κ2) is 9.84. The van der Waals surface area contributed by atoms with Crippen LogP contribution in [0.15, 0.2) is 69.6 Å². The van der Waals surface area contributed by atoms with Gasteiger partial charge in [0.05, 0.1) is 29.0 Å². The van der Waals surface area contributed by atoms with Gasteiger partial charge in [-0.25, -0.2) is 9.79 Å². The molecule has 4 rings (SSSR count). The van der Waals surface area contributed by atoms with Gasteiger partial charge in [0, 0.05) is 12.6 Å². The molecule has 8 heteroatoms. The summed E-state index contributed by atoms with van der Waals surface area (Å²) in [7, 11) is 1.33. The lowest BCUT2D eigenvalue weighted by molar-refractivity contribution is -0.136. The van der Waals surface area contributed by atoms with Crippen LogP contribution in [-0.2, 0) is 14.3 Å². The summed E-state index contributed by atoms with van der Waals surface area (Å²) in [5, 5.41) is 2.73. The first kappa shape index (κ1) is 24.3. The molecule has 7 nitrogen and oxygen atoms in total. The number of benzene rings is 2. The maximum atomic E-state index is 13.6. The number of thiazole rings is 1. The molecule has 1 aliphatic rings. The molecule has 0 radical (unpaired) electrons. The fourth-order valence-corrected chi connectivity index (χ4v) is 5.14. The number of carbonyl (C=O) groups excluding carboxylic acids is 2. The molecule has 0 bridgehead atoms. The van der Waals surface area contributed by atoms with Crippen molar-refractivity contribution in [1.29, 1.82) is 0 Å². The molecule has 1 aromatic heterocycles. The Bertz CT molecular complexity index is 1490. The quantitative estimate of drug-likeness (QED) is 0.556. The third-order valence-electron chi connectivity index (χ3n) is 5.87. The third-order valence-corrected chi connectivity index (χ3v) is 6.86. The van der Waals surface area contributed by atoms with Crippen molar-refractivity contribution >= 4 is 35.0 Å². The number of anilines is 1. The molecular weight excluding hydrogens is 462 g/mol. The van der Waals surface area contributed by atoms with Gasteiger partial charge in [-0.1, -0.05) is 61.6 Å². The second-order valence-electron chi connectivity index (χ2n) is 8.70. The molecular formula is C27H27N3O4S. The Hall–Kier alpha value is -3.78. The van der Waals surface area contributed by atoms with Crippen LogP contribution in [0.25, 0.3) is 6.08 Å². The number of nitrogens with one attached hydrogen (secondary N) is 1. The average Bonchev–Trinajstić information content (AvgIpc) is 3.13. The minimum absolute atomic E-state index is 0.149. The molecule has 1 aliphatic heterocycles. The van der Waals surface area contributed by atoms with Gasteiger partial charge in [-0.15, -0.1) is 0 Å². The van der Waals surface area contributed by atoms with E-state index in [-0.39, 0.29) is 11.5 Å². The number of hydrogen-bond acceptors (Lipinski definition) is 6. The fourth-order valence-electron chi connectivity index (χ4n) is 4.09. The summed E-state index contributed by atoms with van der Waals surface area (Å²) in [6, 6.07) is 14.6. The van der Waals surface area contributed by atoms with E-state index in [4.69, 9.17) is 4.74 Å². The van der Waals surface area contributed by atoms with Gasteiger partial charge >= 0.3 is 5.97 Å². The Kier molecular flexibility index (Phi) is 6.84. The number of hydrogen-bond donors (Lipinski definition) is 1. The molecule has 2 heterocycles. The van der Waals surface area contributed by atoms with Gasteiger partial charge in [-0.2, -0.15) is 0 Å². The summed E-state index contributed by atoms with van der Waals surface area (Å²) in [6.45, 7) is 7.45. The lowest BCUT2D eigenvalue weighted by Crippen LogP contribution is -2.39. The van der Waals surface area contributed by atoms with E-state index in [0.29, 0.717) is 32.2 Å². The van der Waals surface area contributed by atoms with Crippen LogP contribution in [0, 0.1) is 0 Å². The molecule has 1 amide bonds. The Morgan fingerprint density at radius 1 is 1.11 bits per heavy atom. The first-order chi connectivity index (χ1) is 16.7. The number of carbonyl (C=O) groups is 2. The smallest absolute Gasteiger partial charge is 0.338 e. The summed E-state index contributed by atoms with van der Waals surface area (Å²) in [5.41, 5.74) is 4.13. The zero-order chi connectivity index (χ0) is 25.3. The van der Waals surface area contributed by atoms with Gasteiger partial charge in [0.15, 0.2) is 4.80 Å². The molecule has 0 fully saturated rings. The molecule has 1 N–H and O–H groups in total. The largest absolute Gasteiger partial charge is 0.466 e. The van der Waals surface area contributed by atoms with E-state index < -0.39 is 12.0 Å². The zero-order valence-corrected chi connectivity index (χ0v) is 21.1. The average molecular weight is 490 g/mol. The normalized spacial score (nSPS) is 15.6. The summed E-state index contributed by atoms with van der Waals surface area (Å²) >= 11 is 1.28. The first-order valence-electron chi connectivity index (χ1n) is 11.3. The highest BCUT2D eigenvalue weighted by atomic mass is 32.1. The number of ether oxygens (including phenoxy) is 1. The predicted octanol–water partition coefficient (Wildman–Crippen LogP) is 3.49. The van der Waals surface area contributed by atoms with Crippen LogP contribution in [0.3, 0.4) is 0 Å². The van der Waals surface area contributed by atoms with E-state index in [9.17, 15) is 14.4 Å². The van der Waals surface area contributed by atoms with Crippen molar-refractivity contribution in [3.8, 4) is 0 Å². The number of methoxy groups -OCH3 is 1. The molecule has 35 heavy (non-hydrogen) atoms. The minimum Gasteiger partial charge on any atom is -0.466 e. The van der Waals surface area contributed by atoms with Crippen LogP contribution in [-0.4, -0.2) is 23.6 Å². The van der Waals surface area contributed by atoms with Crippen molar-refractivity contribution in [1.82, 2.24) is 4.57 Å². The maximum absolute atomic E-state index is 13.6. The number of nitrogens with zero attached hydrogens (tertiary/aromatic N) is 2. The molecule has 1 atom stereocenters. The second-order valence-corrected chi connectivity index (χ2v) is 9.71. The number of amides is 1. The minimum atomic E-state index is -0.635. The van der Waals surface area contributed by atoms with E-state index in [2.05, 4.69) is 24.2 Å². The van der Waals surface area contributed by atoms with Crippen molar-refractivity contribution in [2.45, 2.75) is 39.7 Å². The van der Waals surface area contributed by atoms with Crippen molar-refractivity contribution in [2.75, 3.05) is 12.4 Å². The number of rotatable bonds is 5. The number of aromatic nitrogens is 1. The molecule has 0 spiro atoms. The van der Waals surface area contributed by atoms with Crippen molar-refractivity contribution in [3.63, 3.8) is 0 Å². The van der Waals surface area contributed by atoms with E-state index in [1.54, 1.807) is 29.7 Å². The highest BCUT2D eigenvalue weighted by molar-refractivity contribution is 7.07. The standard InChI is InChI=1S/C27H27N3O4S/c1-15(2)19-8-10-20(11-9-19)24-23(26(33)34-5)16(3)28-27-30(24)25(32)22(35-27)14-18-6-12-21(13-7-18)29-17(4)31/h6-15,24H,1-5H3,(H,29,31)/b22-14-/t24-/m0/s1. The molecule has 2 aromatic carbocycles. The van der Waals surface area contributed by atoms with E-state index in [1.165, 1.54) is 30.9 Å². The third kappa shape index (κ3) is 4.88. The van der Waals surface area contributed by atoms with Crippen molar-refractivity contribution in [3.05, 3.63) is 96.2 Å². The molecule has 180 valence electrons. The molecule has 0 aliphatic carbocycles. The summed E-state index contributed by atoms with van der Waals surface area (Å²) < 4.78 is 7.14. The fraction of sp³-hybridized carbons (Fsp3) is 0.259. The summed E-state index contributed by atoms with van der Waals surface area (Å²) in [6.07, 6.45) is 1.79. The molecule has 3 aromatic rings. The van der Waals surface area contributed by atoms with Crippen LogP contribution < -0.4 is 20.2 Å². The van der Waals surface area contributed by atoms with E-state index >= 15 is 0 Å². The van der Waals surface area contributed by atoms with E-state index in [0.717, 1.165) is 11.1 Å². The van der Waals surface area contributed by atoms with Gasteiger partial charge < -0.3 is 10.1 Å².